The Labute approximate surface area is 164 Å². The van der Waals surface area contributed by atoms with Crippen LogP contribution in [0.2, 0.25) is 0 Å². The Balaban J connectivity index is 1.63. The summed E-state index contributed by atoms with van der Waals surface area (Å²) >= 11 is 0. The number of methoxy groups -OCH3 is 1. The molecule has 0 aliphatic carbocycles. The minimum Gasteiger partial charge on any atom is -0.493 e. The van der Waals surface area contributed by atoms with Gasteiger partial charge in [-0.1, -0.05) is 30.3 Å². The van der Waals surface area contributed by atoms with Crippen LogP contribution in [0, 0.1) is 0 Å². The zero-order valence-electron chi connectivity index (χ0n) is 15.2. The van der Waals surface area contributed by atoms with Crippen LogP contribution in [0.3, 0.4) is 0 Å². The highest BCUT2D eigenvalue weighted by Gasteiger charge is 2.14. The van der Waals surface area contributed by atoms with Crippen molar-refractivity contribution in [2.45, 2.75) is 13.2 Å². The molecule has 0 saturated heterocycles. The van der Waals surface area contributed by atoms with Gasteiger partial charge in [-0.15, -0.1) is 10.2 Å². The van der Waals surface area contributed by atoms with Crippen molar-refractivity contribution in [3.8, 4) is 23.0 Å². The van der Waals surface area contributed by atoms with Crippen molar-refractivity contribution in [3.63, 3.8) is 0 Å². The fraction of sp³-hybridized carbons (Fsp3) is 0.150. The van der Waals surface area contributed by atoms with Gasteiger partial charge in [0, 0.05) is 17.2 Å². The third-order valence-corrected chi connectivity index (χ3v) is 3.66. The molecule has 0 atom stereocenters. The average Bonchev–Trinajstić information content (AvgIpc) is 3.21. The van der Waals surface area contributed by atoms with Gasteiger partial charge in [0.2, 0.25) is 5.89 Å². The molecular formula is C20H16F2N2O5. The quantitative estimate of drug-likeness (QED) is 0.414. The molecule has 0 spiro atoms. The Bertz CT molecular complexity index is 990. The van der Waals surface area contributed by atoms with Gasteiger partial charge in [-0.2, -0.15) is 8.78 Å². The maximum Gasteiger partial charge on any atom is 0.387 e. The number of nitrogens with zero attached hydrogens (tertiary/aromatic N) is 2. The van der Waals surface area contributed by atoms with E-state index >= 15 is 0 Å². The fourth-order valence-corrected chi connectivity index (χ4v) is 2.39. The van der Waals surface area contributed by atoms with Gasteiger partial charge < -0.3 is 18.6 Å². The highest BCUT2D eigenvalue weighted by atomic mass is 19.3. The Hall–Kier alpha value is -3.75. The van der Waals surface area contributed by atoms with E-state index < -0.39 is 12.6 Å². The molecule has 0 bridgehead atoms. The number of para-hydroxylation sites is 1. The van der Waals surface area contributed by atoms with E-state index in [-0.39, 0.29) is 29.6 Å². The van der Waals surface area contributed by atoms with E-state index in [9.17, 15) is 13.6 Å². The minimum atomic E-state index is -3.04. The number of carbonyl (C=O) groups is 1. The van der Waals surface area contributed by atoms with Crippen molar-refractivity contribution in [2.75, 3.05) is 7.11 Å². The summed E-state index contributed by atoms with van der Waals surface area (Å²) < 4.78 is 45.2. The number of esters is 1. The van der Waals surface area contributed by atoms with Crippen molar-refractivity contribution >= 4 is 12.0 Å². The maximum atomic E-state index is 12.6. The second kappa shape index (κ2) is 9.45. The van der Waals surface area contributed by atoms with Gasteiger partial charge in [-0.25, -0.2) is 4.79 Å². The molecule has 7 nitrogen and oxygen atoms in total. The van der Waals surface area contributed by atoms with E-state index in [2.05, 4.69) is 14.9 Å². The van der Waals surface area contributed by atoms with Crippen LogP contribution in [-0.4, -0.2) is 29.9 Å². The third-order valence-electron chi connectivity index (χ3n) is 3.66. The number of halogens is 2. The van der Waals surface area contributed by atoms with Gasteiger partial charge in [0.15, 0.2) is 18.1 Å². The first-order chi connectivity index (χ1) is 14.1. The molecule has 0 radical (unpaired) electrons. The summed E-state index contributed by atoms with van der Waals surface area (Å²) in [6.45, 7) is -3.27. The summed E-state index contributed by atoms with van der Waals surface area (Å²) in [6.07, 6.45) is 2.35. The minimum absolute atomic E-state index is 0.111. The second-order valence-corrected chi connectivity index (χ2v) is 5.57. The highest BCUT2D eigenvalue weighted by Crippen LogP contribution is 2.33. The Morgan fingerprint density at radius 2 is 1.93 bits per heavy atom. The van der Waals surface area contributed by atoms with Crippen molar-refractivity contribution in [1.82, 2.24) is 10.2 Å². The van der Waals surface area contributed by atoms with Crippen molar-refractivity contribution in [1.29, 1.82) is 0 Å². The van der Waals surface area contributed by atoms with E-state index in [0.29, 0.717) is 5.89 Å². The molecule has 1 aromatic heterocycles. The largest absolute Gasteiger partial charge is 0.493 e. The second-order valence-electron chi connectivity index (χ2n) is 5.57. The molecule has 0 aliphatic heterocycles. The van der Waals surface area contributed by atoms with E-state index in [1.54, 1.807) is 18.2 Å². The highest BCUT2D eigenvalue weighted by molar-refractivity contribution is 5.87. The van der Waals surface area contributed by atoms with E-state index in [4.69, 9.17) is 13.9 Å². The van der Waals surface area contributed by atoms with Crippen LogP contribution < -0.4 is 9.47 Å². The normalized spacial score (nSPS) is 11.0. The SMILES string of the molecule is COc1cccc(/C=C/C(=O)OCc2nnc(-c3ccccc3)o2)c1OC(F)F. The lowest BCUT2D eigenvalue weighted by molar-refractivity contribution is -0.139. The number of ether oxygens (including phenoxy) is 3. The summed E-state index contributed by atoms with van der Waals surface area (Å²) in [4.78, 5) is 11.9. The monoisotopic (exact) mass is 402 g/mol. The van der Waals surface area contributed by atoms with Gasteiger partial charge in [-0.3, -0.25) is 0 Å². The summed E-state index contributed by atoms with van der Waals surface area (Å²) in [5, 5.41) is 7.70. The number of hydrogen-bond donors (Lipinski definition) is 0. The summed E-state index contributed by atoms with van der Waals surface area (Å²) in [6, 6.07) is 13.7. The van der Waals surface area contributed by atoms with Gasteiger partial charge in [0.05, 0.1) is 7.11 Å². The van der Waals surface area contributed by atoms with E-state index in [1.165, 1.54) is 25.3 Å². The predicted octanol–water partition coefficient (Wildman–Crippen LogP) is 4.10. The van der Waals surface area contributed by atoms with Gasteiger partial charge in [0.25, 0.3) is 5.89 Å². The smallest absolute Gasteiger partial charge is 0.387 e. The van der Waals surface area contributed by atoms with Gasteiger partial charge in [0.1, 0.15) is 0 Å². The molecule has 0 aliphatic rings. The molecule has 3 rings (SSSR count). The number of benzene rings is 2. The number of alkyl halides is 2. The third kappa shape index (κ3) is 5.38. The van der Waals surface area contributed by atoms with Crippen LogP contribution in [0.4, 0.5) is 8.78 Å². The van der Waals surface area contributed by atoms with Crippen molar-refractivity contribution in [2.24, 2.45) is 0 Å². The Morgan fingerprint density at radius 1 is 1.14 bits per heavy atom. The molecule has 2 aromatic carbocycles. The Morgan fingerprint density at radius 3 is 2.66 bits per heavy atom. The molecule has 0 amide bonds. The molecule has 0 fully saturated rings. The van der Waals surface area contributed by atoms with E-state index in [1.807, 2.05) is 18.2 Å². The van der Waals surface area contributed by atoms with Crippen LogP contribution in [0.5, 0.6) is 11.5 Å². The van der Waals surface area contributed by atoms with Crippen molar-refractivity contribution in [3.05, 3.63) is 66.1 Å². The zero-order chi connectivity index (χ0) is 20.6. The average molecular weight is 402 g/mol. The molecular weight excluding hydrogens is 386 g/mol. The molecule has 9 heteroatoms. The number of rotatable bonds is 8. The number of aromatic nitrogens is 2. The first kappa shape index (κ1) is 20.0. The van der Waals surface area contributed by atoms with Crippen LogP contribution in [-0.2, 0) is 16.1 Å². The molecule has 0 N–H and O–H groups in total. The Kier molecular flexibility index (Phi) is 6.51. The standard InChI is InChI=1S/C20H16F2N2O5/c1-26-15-9-5-8-13(18(15)29-20(21)22)10-11-17(25)27-12-16-23-24-19(28-16)14-6-3-2-4-7-14/h2-11,20H,12H2,1H3/b11-10+. The number of hydrogen-bond acceptors (Lipinski definition) is 7. The maximum absolute atomic E-state index is 12.6. The summed E-state index contributed by atoms with van der Waals surface area (Å²) in [7, 11) is 1.32. The first-order valence-corrected chi connectivity index (χ1v) is 8.41. The van der Waals surface area contributed by atoms with Gasteiger partial charge in [-0.05, 0) is 24.3 Å². The topological polar surface area (TPSA) is 83.7 Å². The number of carbonyl (C=O) groups excluding carboxylic acids is 1. The zero-order valence-corrected chi connectivity index (χ0v) is 15.2. The molecule has 3 aromatic rings. The summed E-state index contributed by atoms with van der Waals surface area (Å²) in [5.74, 6) is -0.375. The van der Waals surface area contributed by atoms with Gasteiger partial charge >= 0.3 is 12.6 Å². The molecule has 0 saturated carbocycles. The first-order valence-electron chi connectivity index (χ1n) is 8.41. The lowest BCUT2D eigenvalue weighted by atomic mass is 10.1. The van der Waals surface area contributed by atoms with Crippen LogP contribution in [0.25, 0.3) is 17.5 Å². The molecule has 1 heterocycles. The lowest BCUT2D eigenvalue weighted by Crippen LogP contribution is -2.05. The van der Waals surface area contributed by atoms with Crippen molar-refractivity contribution < 1.29 is 32.2 Å². The molecule has 29 heavy (non-hydrogen) atoms. The lowest BCUT2D eigenvalue weighted by Gasteiger charge is -2.12. The van der Waals surface area contributed by atoms with E-state index in [0.717, 1.165) is 11.6 Å². The van der Waals surface area contributed by atoms with Crippen LogP contribution in [0.15, 0.2) is 59.0 Å². The molecule has 150 valence electrons. The van der Waals surface area contributed by atoms with Crippen LogP contribution in [0.1, 0.15) is 11.5 Å². The molecule has 0 unspecified atom stereocenters. The summed E-state index contributed by atoms with van der Waals surface area (Å²) in [5.41, 5.74) is 0.966. The van der Waals surface area contributed by atoms with Crippen LogP contribution >= 0.6 is 0 Å². The fourth-order valence-electron chi connectivity index (χ4n) is 2.39. The predicted molar refractivity (Wildman–Crippen MR) is 98.2 cm³/mol.